The molecule has 0 aromatic carbocycles. The van der Waals surface area contributed by atoms with Crippen LogP contribution in [0.15, 0.2) is 10.6 Å². The second kappa shape index (κ2) is 5.79. The second-order valence-electron chi connectivity index (χ2n) is 4.21. The maximum absolute atomic E-state index is 10.6. The van der Waals surface area contributed by atoms with Gasteiger partial charge in [-0.05, 0) is 25.9 Å². The number of carboxylic acids is 1. The Morgan fingerprint density at radius 3 is 2.94 bits per heavy atom. The fraction of sp³-hybridized carbons (Fsp3) is 0.636. The molecule has 17 heavy (non-hydrogen) atoms. The molecule has 1 fully saturated rings. The predicted molar refractivity (Wildman–Crippen MR) is 60.8 cm³/mol. The van der Waals surface area contributed by atoms with Crippen molar-refractivity contribution < 1.29 is 14.4 Å². The number of likely N-dealkylation sites (tertiary alicyclic amines) is 1. The normalized spacial score (nSPS) is 16.5. The summed E-state index contributed by atoms with van der Waals surface area (Å²) in [5.74, 6) is -0.499. The van der Waals surface area contributed by atoms with Gasteiger partial charge in [0.1, 0.15) is 0 Å². The van der Waals surface area contributed by atoms with E-state index in [-0.39, 0.29) is 5.69 Å². The summed E-state index contributed by atoms with van der Waals surface area (Å²) < 4.78 is 4.89. The lowest BCUT2D eigenvalue weighted by Crippen LogP contribution is -2.29. The van der Waals surface area contributed by atoms with Gasteiger partial charge < -0.3 is 19.8 Å². The average Bonchev–Trinajstić information content (AvgIpc) is 2.96. The van der Waals surface area contributed by atoms with E-state index in [0.717, 1.165) is 13.1 Å². The first-order valence-corrected chi connectivity index (χ1v) is 5.87. The molecule has 2 heterocycles. The van der Waals surface area contributed by atoms with E-state index in [1.807, 2.05) is 0 Å². The van der Waals surface area contributed by atoms with Crippen molar-refractivity contribution in [2.24, 2.45) is 0 Å². The second-order valence-corrected chi connectivity index (χ2v) is 4.21. The molecule has 6 nitrogen and oxygen atoms in total. The van der Waals surface area contributed by atoms with Gasteiger partial charge in [-0.25, -0.2) is 4.79 Å². The van der Waals surface area contributed by atoms with E-state index in [2.05, 4.69) is 15.4 Å². The minimum Gasteiger partial charge on any atom is -0.476 e. The molecular weight excluding hydrogens is 222 g/mol. The molecule has 2 rings (SSSR count). The van der Waals surface area contributed by atoms with E-state index in [1.165, 1.54) is 32.0 Å². The number of aromatic nitrogens is 1. The van der Waals surface area contributed by atoms with Gasteiger partial charge in [0.05, 0.1) is 6.54 Å². The van der Waals surface area contributed by atoms with Crippen LogP contribution in [0.3, 0.4) is 0 Å². The summed E-state index contributed by atoms with van der Waals surface area (Å²) in [5.41, 5.74) is -0.0404. The Hall–Kier alpha value is -1.40. The van der Waals surface area contributed by atoms with E-state index >= 15 is 0 Å². The Bertz CT molecular complexity index is 372. The van der Waals surface area contributed by atoms with Gasteiger partial charge in [0.15, 0.2) is 11.5 Å². The zero-order valence-electron chi connectivity index (χ0n) is 9.69. The van der Waals surface area contributed by atoms with Crippen molar-refractivity contribution in [3.8, 4) is 0 Å². The Balaban J connectivity index is 1.65. The molecule has 1 aromatic rings. The van der Waals surface area contributed by atoms with E-state index in [0.29, 0.717) is 12.3 Å². The van der Waals surface area contributed by atoms with E-state index < -0.39 is 5.97 Å². The number of nitrogens with one attached hydrogen (secondary N) is 1. The minimum atomic E-state index is -1.06. The Labute approximate surface area is 99.6 Å². The molecule has 0 saturated carbocycles. The van der Waals surface area contributed by atoms with Crippen LogP contribution in [0, 0.1) is 0 Å². The third-order valence-corrected chi connectivity index (χ3v) is 2.88. The third kappa shape index (κ3) is 3.54. The van der Waals surface area contributed by atoms with E-state index in [1.54, 1.807) is 0 Å². The summed E-state index contributed by atoms with van der Waals surface area (Å²) in [6, 6.07) is 1.45. The first kappa shape index (κ1) is 12.1. The maximum Gasteiger partial charge on any atom is 0.358 e. The molecule has 0 atom stereocenters. The van der Waals surface area contributed by atoms with Crippen LogP contribution in [0.1, 0.15) is 29.1 Å². The lowest BCUT2D eigenvalue weighted by Gasteiger charge is -2.13. The molecule has 0 unspecified atom stereocenters. The van der Waals surface area contributed by atoms with Crippen LogP contribution >= 0.6 is 0 Å². The van der Waals surface area contributed by atoms with Gasteiger partial charge in [0.25, 0.3) is 0 Å². The fourth-order valence-electron chi connectivity index (χ4n) is 1.95. The number of carboxylic acid groups (broad SMARTS) is 1. The minimum absolute atomic E-state index is 0.0404. The van der Waals surface area contributed by atoms with Crippen molar-refractivity contribution >= 4 is 5.97 Å². The van der Waals surface area contributed by atoms with Crippen molar-refractivity contribution in [2.45, 2.75) is 19.4 Å². The summed E-state index contributed by atoms with van der Waals surface area (Å²) in [6.45, 7) is 4.80. The highest BCUT2D eigenvalue weighted by molar-refractivity contribution is 5.85. The van der Waals surface area contributed by atoms with Gasteiger partial charge in [-0.15, -0.1) is 0 Å². The van der Waals surface area contributed by atoms with Crippen LogP contribution in [-0.4, -0.2) is 47.3 Å². The maximum atomic E-state index is 10.6. The van der Waals surface area contributed by atoms with Crippen LogP contribution in [0.2, 0.25) is 0 Å². The molecule has 1 saturated heterocycles. The quantitative estimate of drug-likeness (QED) is 0.706. The summed E-state index contributed by atoms with van der Waals surface area (Å²) in [7, 11) is 0. The zero-order chi connectivity index (χ0) is 12.1. The van der Waals surface area contributed by atoms with Crippen molar-refractivity contribution in [2.75, 3.05) is 26.2 Å². The van der Waals surface area contributed by atoms with Crippen molar-refractivity contribution in [3.63, 3.8) is 0 Å². The highest BCUT2D eigenvalue weighted by Crippen LogP contribution is 2.06. The third-order valence-electron chi connectivity index (χ3n) is 2.88. The Morgan fingerprint density at radius 1 is 1.53 bits per heavy atom. The summed E-state index contributed by atoms with van der Waals surface area (Å²) >= 11 is 0. The van der Waals surface area contributed by atoms with Crippen LogP contribution in [0.4, 0.5) is 0 Å². The molecule has 1 aromatic heterocycles. The monoisotopic (exact) mass is 239 g/mol. The Kier molecular flexibility index (Phi) is 4.11. The molecule has 0 amide bonds. The number of aromatic carboxylic acids is 1. The van der Waals surface area contributed by atoms with Gasteiger partial charge in [-0.1, -0.05) is 5.16 Å². The van der Waals surface area contributed by atoms with Gasteiger partial charge in [0, 0.05) is 19.2 Å². The predicted octanol–water partition coefficient (Wildman–Crippen LogP) is 0.558. The first-order valence-electron chi connectivity index (χ1n) is 5.87. The lowest BCUT2D eigenvalue weighted by molar-refractivity contribution is 0.0685. The fourth-order valence-corrected chi connectivity index (χ4v) is 1.95. The van der Waals surface area contributed by atoms with Crippen molar-refractivity contribution in [1.29, 1.82) is 0 Å². The molecule has 0 aliphatic carbocycles. The van der Waals surface area contributed by atoms with Crippen LogP contribution < -0.4 is 5.32 Å². The molecule has 0 radical (unpaired) electrons. The summed E-state index contributed by atoms with van der Waals surface area (Å²) in [5, 5.41) is 15.3. The number of nitrogens with zero attached hydrogens (tertiary/aromatic N) is 2. The molecule has 0 spiro atoms. The number of hydrogen-bond acceptors (Lipinski definition) is 5. The van der Waals surface area contributed by atoms with E-state index in [4.69, 9.17) is 9.63 Å². The molecule has 6 heteroatoms. The first-order chi connectivity index (χ1) is 8.25. The van der Waals surface area contributed by atoms with Crippen LogP contribution in [0.25, 0.3) is 0 Å². The topological polar surface area (TPSA) is 78.6 Å². The van der Waals surface area contributed by atoms with Crippen molar-refractivity contribution in [3.05, 3.63) is 17.5 Å². The van der Waals surface area contributed by atoms with Crippen LogP contribution in [-0.2, 0) is 6.54 Å². The van der Waals surface area contributed by atoms with E-state index in [9.17, 15) is 4.79 Å². The standard InChI is InChI=1S/C11H17N3O3/c15-11(16)10-7-9(17-13-10)8-12-3-6-14-4-1-2-5-14/h7,12H,1-6,8H2,(H,15,16). The average molecular weight is 239 g/mol. The van der Waals surface area contributed by atoms with Gasteiger partial charge in [0.2, 0.25) is 0 Å². The summed E-state index contributed by atoms with van der Waals surface area (Å²) in [6.07, 6.45) is 2.59. The number of rotatable bonds is 6. The van der Waals surface area contributed by atoms with Gasteiger partial charge >= 0.3 is 5.97 Å². The highest BCUT2D eigenvalue weighted by Gasteiger charge is 2.12. The molecular formula is C11H17N3O3. The largest absolute Gasteiger partial charge is 0.476 e. The molecule has 1 aliphatic rings. The van der Waals surface area contributed by atoms with Gasteiger partial charge in [-0.2, -0.15) is 0 Å². The molecule has 2 N–H and O–H groups in total. The van der Waals surface area contributed by atoms with Gasteiger partial charge in [-0.3, -0.25) is 0 Å². The Morgan fingerprint density at radius 2 is 2.29 bits per heavy atom. The molecule has 94 valence electrons. The smallest absolute Gasteiger partial charge is 0.358 e. The zero-order valence-corrected chi connectivity index (χ0v) is 9.69. The lowest BCUT2D eigenvalue weighted by atomic mass is 10.3. The number of carbonyl (C=O) groups is 1. The SMILES string of the molecule is O=C(O)c1cc(CNCCN2CCCC2)on1. The molecule has 1 aliphatic heterocycles. The van der Waals surface area contributed by atoms with Crippen molar-refractivity contribution in [1.82, 2.24) is 15.4 Å². The summed E-state index contributed by atoms with van der Waals surface area (Å²) in [4.78, 5) is 13.0. The number of hydrogen-bond donors (Lipinski definition) is 2. The molecule has 0 bridgehead atoms. The van der Waals surface area contributed by atoms with Crippen LogP contribution in [0.5, 0.6) is 0 Å². The highest BCUT2D eigenvalue weighted by atomic mass is 16.5.